The van der Waals surface area contributed by atoms with Gasteiger partial charge in [-0.1, -0.05) is 20.3 Å². The fourth-order valence-corrected chi connectivity index (χ4v) is 2.54. The maximum absolute atomic E-state index is 11.8. The van der Waals surface area contributed by atoms with Crippen molar-refractivity contribution >= 4 is 17.5 Å². The number of hydrogen-bond donors (Lipinski definition) is 2. The Morgan fingerprint density at radius 3 is 2.95 bits per heavy atom. The number of anilines is 2. The van der Waals surface area contributed by atoms with E-state index in [1.54, 1.807) is 6.33 Å². The van der Waals surface area contributed by atoms with Crippen LogP contribution in [0.1, 0.15) is 38.7 Å². The average Bonchev–Trinajstić information content (AvgIpc) is 2.71. The summed E-state index contributed by atoms with van der Waals surface area (Å²) in [5, 5.41) is 6.28. The number of amides is 1. The number of hydrogen-bond acceptors (Lipinski definition) is 5. The van der Waals surface area contributed by atoms with Crippen LogP contribution in [0.25, 0.3) is 0 Å². The van der Waals surface area contributed by atoms with Crippen molar-refractivity contribution in [1.82, 2.24) is 15.3 Å². The first-order valence-electron chi connectivity index (χ1n) is 7.85. The van der Waals surface area contributed by atoms with Crippen molar-refractivity contribution in [3.8, 4) is 0 Å². The summed E-state index contributed by atoms with van der Waals surface area (Å²) < 4.78 is 0. The van der Waals surface area contributed by atoms with Gasteiger partial charge in [-0.2, -0.15) is 0 Å². The lowest BCUT2D eigenvalue weighted by Gasteiger charge is -2.24. The SMILES string of the molecule is CCCNc1ncnc(N2CCCNC(=O)C2)c1CCC. The van der Waals surface area contributed by atoms with Gasteiger partial charge in [0.2, 0.25) is 5.91 Å². The fraction of sp³-hybridized carbons (Fsp3) is 0.667. The minimum atomic E-state index is 0.0663. The van der Waals surface area contributed by atoms with Crippen LogP contribution in [-0.2, 0) is 11.2 Å². The normalized spacial score (nSPS) is 15.5. The number of aromatic nitrogens is 2. The summed E-state index contributed by atoms with van der Waals surface area (Å²) in [6.45, 7) is 7.14. The molecule has 21 heavy (non-hydrogen) atoms. The van der Waals surface area contributed by atoms with Gasteiger partial charge in [0.1, 0.15) is 18.0 Å². The Kier molecular flexibility index (Phi) is 5.78. The molecule has 0 aliphatic carbocycles. The second-order valence-electron chi connectivity index (χ2n) is 5.33. The minimum Gasteiger partial charge on any atom is -0.370 e. The zero-order valence-electron chi connectivity index (χ0n) is 13.0. The van der Waals surface area contributed by atoms with Gasteiger partial charge in [0.05, 0.1) is 6.54 Å². The number of nitrogens with zero attached hydrogens (tertiary/aromatic N) is 3. The minimum absolute atomic E-state index is 0.0663. The van der Waals surface area contributed by atoms with E-state index in [0.717, 1.165) is 62.5 Å². The first-order valence-corrected chi connectivity index (χ1v) is 7.85. The molecule has 6 nitrogen and oxygen atoms in total. The van der Waals surface area contributed by atoms with Crippen molar-refractivity contribution in [1.29, 1.82) is 0 Å². The van der Waals surface area contributed by atoms with E-state index < -0.39 is 0 Å². The van der Waals surface area contributed by atoms with Crippen molar-refractivity contribution in [3.63, 3.8) is 0 Å². The van der Waals surface area contributed by atoms with Gasteiger partial charge in [-0.3, -0.25) is 4.79 Å². The van der Waals surface area contributed by atoms with Gasteiger partial charge in [0, 0.05) is 25.2 Å². The lowest BCUT2D eigenvalue weighted by atomic mass is 10.1. The summed E-state index contributed by atoms with van der Waals surface area (Å²) in [6.07, 6.45) is 5.53. The van der Waals surface area contributed by atoms with Crippen molar-refractivity contribution in [2.24, 2.45) is 0 Å². The second-order valence-corrected chi connectivity index (χ2v) is 5.33. The molecule has 2 N–H and O–H groups in total. The van der Waals surface area contributed by atoms with E-state index >= 15 is 0 Å². The Labute approximate surface area is 126 Å². The zero-order chi connectivity index (χ0) is 15.1. The molecule has 1 saturated heterocycles. The molecule has 0 saturated carbocycles. The van der Waals surface area contributed by atoms with Crippen LogP contribution in [0, 0.1) is 0 Å². The second kappa shape index (κ2) is 7.81. The molecule has 0 radical (unpaired) electrons. The van der Waals surface area contributed by atoms with Crippen LogP contribution in [0.5, 0.6) is 0 Å². The molecule has 2 rings (SSSR count). The first-order chi connectivity index (χ1) is 10.3. The maximum atomic E-state index is 11.8. The van der Waals surface area contributed by atoms with Crippen LogP contribution in [0.3, 0.4) is 0 Å². The molecule has 0 spiro atoms. The number of carbonyl (C=O) groups is 1. The highest BCUT2D eigenvalue weighted by atomic mass is 16.2. The summed E-state index contributed by atoms with van der Waals surface area (Å²) in [5.41, 5.74) is 1.13. The van der Waals surface area contributed by atoms with Gasteiger partial charge in [-0.05, 0) is 19.3 Å². The molecule has 1 fully saturated rings. The van der Waals surface area contributed by atoms with Crippen LogP contribution in [0.15, 0.2) is 6.33 Å². The summed E-state index contributed by atoms with van der Waals surface area (Å²) in [4.78, 5) is 22.7. The number of rotatable bonds is 6. The smallest absolute Gasteiger partial charge is 0.239 e. The molecule has 0 bridgehead atoms. The lowest BCUT2D eigenvalue weighted by molar-refractivity contribution is -0.119. The van der Waals surface area contributed by atoms with E-state index in [1.807, 2.05) is 0 Å². The highest BCUT2D eigenvalue weighted by molar-refractivity contribution is 5.82. The molecule has 1 aromatic heterocycles. The van der Waals surface area contributed by atoms with Crippen molar-refractivity contribution in [3.05, 3.63) is 11.9 Å². The van der Waals surface area contributed by atoms with E-state index in [-0.39, 0.29) is 5.91 Å². The Morgan fingerprint density at radius 1 is 1.33 bits per heavy atom. The largest absolute Gasteiger partial charge is 0.370 e. The van der Waals surface area contributed by atoms with Crippen LogP contribution in [-0.4, -0.2) is 42.1 Å². The summed E-state index contributed by atoms with van der Waals surface area (Å²) in [5.74, 6) is 1.88. The number of carbonyl (C=O) groups excluding carboxylic acids is 1. The summed E-state index contributed by atoms with van der Waals surface area (Å²) in [6, 6.07) is 0. The predicted octanol–water partition coefficient (Wildman–Crippen LogP) is 1.58. The third kappa shape index (κ3) is 4.06. The van der Waals surface area contributed by atoms with Crippen LogP contribution in [0.2, 0.25) is 0 Å². The monoisotopic (exact) mass is 291 g/mol. The lowest BCUT2D eigenvalue weighted by Crippen LogP contribution is -2.34. The first kappa shape index (κ1) is 15.5. The molecule has 1 aliphatic heterocycles. The third-order valence-corrected chi connectivity index (χ3v) is 3.53. The highest BCUT2D eigenvalue weighted by Gasteiger charge is 2.20. The Morgan fingerprint density at radius 2 is 2.19 bits per heavy atom. The van der Waals surface area contributed by atoms with Crippen molar-refractivity contribution in [2.75, 3.05) is 36.4 Å². The molecule has 116 valence electrons. The zero-order valence-corrected chi connectivity index (χ0v) is 13.0. The molecular formula is C15H25N5O. The Balaban J connectivity index is 2.29. The third-order valence-electron chi connectivity index (χ3n) is 3.53. The van der Waals surface area contributed by atoms with E-state index in [9.17, 15) is 4.79 Å². The Hall–Kier alpha value is -1.85. The van der Waals surface area contributed by atoms with Gasteiger partial charge in [0.25, 0.3) is 0 Å². The fourth-order valence-electron chi connectivity index (χ4n) is 2.54. The van der Waals surface area contributed by atoms with E-state index in [1.165, 1.54) is 0 Å². The molecule has 1 amide bonds. The Bertz CT molecular complexity index is 477. The van der Waals surface area contributed by atoms with Gasteiger partial charge in [-0.15, -0.1) is 0 Å². The molecule has 2 heterocycles. The van der Waals surface area contributed by atoms with Crippen LogP contribution in [0.4, 0.5) is 11.6 Å². The summed E-state index contributed by atoms with van der Waals surface area (Å²) >= 11 is 0. The molecule has 1 aromatic rings. The molecule has 0 atom stereocenters. The van der Waals surface area contributed by atoms with Gasteiger partial charge in [0.15, 0.2) is 0 Å². The standard InChI is InChI=1S/C15H25N5O/c1-3-6-12-14(17-7-4-2)18-11-19-15(12)20-9-5-8-16-13(21)10-20/h11H,3-10H2,1-2H3,(H,16,21)(H,17,18,19). The quantitative estimate of drug-likeness (QED) is 0.832. The van der Waals surface area contributed by atoms with Crippen molar-refractivity contribution in [2.45, 2.75) is 39.5 Å². The molecule has 0 aromatic carbocycles. The molecule has 1 aliphatic rings. The molecule has 0 unspecified atom stereocenters. The van der Waals surface area contributed by atoms with Gasteiger partial charge >= 0.3 is 0 Å². The number of nitrogens with one attached hydrogen (secondary N) is 2. The van der Waals surface area contributed by atoms with Gasteiger partial charge < -0.3 is 15.5 Å². The molecular weight excluding hydrogens is 266 g/mol. The molecule has 6 heteroatoms. The van der Waals surface area contributed by atoms with Gasteiger partial charge in [-0.25, -0.2) is 9.97 Å². The van der Waals surface area contributed by atoms with Crippen LogP contribution >= 0.6 is 0 Å². The van der Waals surface area contributed by atoms with E-state index in [0.29, 0.717) is 6.54 Å². The predicted molar refractivity (Wildman–Crippen MR) is 84.6 cm³/mol. The highest BCUT2D eigenvalue weighted by Crippen LogP contribution is 2.25. The van der Waals surface area contributed by atoms with E-state index in [4.69, 9.17) is 0 Å². The topological polar surface area (TPSA) is 70.2 Å². The van der Waals surface area contributed by atoms with Crippen LogP contribution < -0.4 is 15.5 Å². The van der Waals surface area contributed by atoms with Crippen molar-refractivity contribution < 1.29 is 4.79 Å². The average molecular weight is 291 g/mol. The summed E-state index contributed by atoms with van der Waals surface area (Å²) in [7, 11) is 0. The maximum Gasteiger partial charge on any atom is 0.239 e. The van der Waals surface area contributed by atoms with E-state index in [2.05, 4.69) is 39.3 Å².